The third-order valence-electron chi connectivity index (χ3n) is 5.18. The van der Waals surface area contributed by atoms with Crippen LogP contribution in [0.15, 0.2) is 30.3 Å². The molecule has 0 radical (unpaired) electrons. The van der Waals surface area contributed by atoms with Crippen LogP contribution in [0.4, 0.5) is 24.7 Å². The number of amides is 1. The number of nitrogens with one attached hydrogen (secondary N) is 1. The Morgan fingerprint density at radius 3 is 2.37 bits per heavy atom. The van der Waals surface area contributed by atoms with Crippen LogP contribution in [0.25, 0.3) is 5.65 Å². The molecule has 1 aromatic carbocycles. The lowest BCUT2D eigenvalue weighted by Crippen LogP contribution is -2.38. The lowest BCUT2D eigenvalue weighted by molar-refractivity contribution is -0.146. The van der Waals surface area contributed by atoms with Gasteiger partial charge in [-0.15, -0.1) is 15.3 Å². The molecule has 30 heavy (non-hydrogen) atoms. The molecule has 0 saturated carbocycles. The van der Waals surface area contributed by atoms with Crippen molar-refractivity contribution in [2.45, 2.75) is 32.9 Å². The van der Waals surface area contributed by atoms with E-state index in [1.165, 1.54) is 6.07 Å². The molecule has 158 valence electrons. The minimum atomic E-state index is -4.63. The van der Waals surface area contributed by atoms with Crippen molar-refractivity contribution < 1.29 is 18.0 Å². The van der Waals surface area contributed by atoms with Crippen molar-refractivity contribution in [3.63, 3.8) is 0 Å². The van der Waals surface area contributed by atoms with E-state index in [-0.39, 0.29) is 17.5 Å². The van der Waals surface area contributed by atoms with Gasteiger partial charge >= 0.3 is 6.18 Å². The van der Waals surface area contributed by atoms with Crippen LogP contribution >= 0.6 is 0 Å². The van der Waals surface area contributed by atoms with E-state index in [4.69, 9.17) is 0 Å². The van der Waals surface area contributed by atoms with E-state index < -0.39 is 12.0 Å². The van der Waals surface area contributed by atoms with Crippen molar-refractivity contribution >= 4 is 23.1 Å². The number of anilines is 2. The molecule has 0 spiro atoms. The Balaban J connectivity index is 1.43. The number of carbonyl (C=O) groups is 1. The fourth-order valence-electron chi connectivity index (χ4n) is 3.79. The normalized spacial score (nSPS) is 15.6. The topological polar surface area (TPSA) is 75.4 Å². The zero-order valence-corrected chi connectivity index (χ0v) is 16.6. The van der Waals surface area contributed by atoms with Gasteiger partial charge in [0.05, 0.1) is 0 Å². The molecule has 1 fully saturated rings. The number of carbonyl (C=O) groups excluding carboxylic acids is 1. The molecule has 1 amide bonds. The number of halogens is 3. The number of hydrogen-bond donors (Lipinski definition) is 1. The lowest BCUT2D eigenvalue weighted by atomic mass is 9.95. The van der Waals surface area contributed by atoms with Gasteiger partial charge in [-0.2, -0.15) is 17.7 Å². The molecule has 0 unspecified atom stereocenters. The first-order chi connectivity index (χ1) is 14.2. The van der Waals surface area contributed by atoms with Crippen LogP contribution in [-0.4, -0.2) is 38.8 Å². The summed E-state index contributed by atoms with van der Waals surface area (Å²) in [4.78, 5) is 14.5. The third kappa shape index (κ3) is 4.07. The molecule has 0 bridgehead atoms. The standard InChI is InChI=1S/C20H21F3N6O/c1-12-9-13(2)11-15(10-12)24-18(30)14-5-7-28(8-6-14)17-4-3-16-25-26-19(20(21,22)23)29(16)27-17/h3-4,9-11,14H,5-8H2,1-2H3,(H,24,30). The Hall–Kier alpha value is -3.17. The first-order valence-corrected chi connectivity index (χ1v) is 9.64. The molecule has 0 atom stereocenters. The van der Waals surface area contributed by atoms with Gasteiger partial charge in [0.2, 0.25) is 5.91 Å². The largest absolute Gasteiger partial charge is 0.453 e. The number of fused-ring (bicyclic) bond motifs is 1. The van der Waals surface area contributed by atoms with Crippen LogP contribution in [0.2, 0.25) is 0 Å². The van der Waals surface area contributed by atoms with Gasteiger partial charge in [-0.1, -0.05) is 6.07 Å². The summed E-state index contributed by atoms with van der Waals surface area (Å²) in [5.74, 6) is -0.948. The molecular weight excluding hydrogens is 397 g/mol. The molecule has 4 rings (SSSR count). The fourth-order valence-corrected chi connectivity index (χ4v) is 3.79. The summed E-state index contributed by atoms with van der Waals surface area (Å²) < 4.78 is 39.9. The van der Waals surface area contributed by atoms with Crippen LogP contribution in [0.5, 0.6) is 0 Å². The van der Waals surface area contributed by atoms with Gasteiger partial charge in [0.25, 0.3) is 5.82 Å². The van der Waals surface area contributed by atoms with E-state index >= 15 is 0 Å². The van der Waals surface area contributed by atoms with Gasteiger partial charge in [-0.25, -0.2) is 0 Å². The van der Waals surface area contributed by atoms with E-state index in [0.717, 1.165) is 16.8 Å². The van der Waals surface area contributed by atoms with Gasteiger partial charge in [-0.05, 0) is 62.1 Å². The second-order valence-corrected chi connectivity index (χ2v) is 7.61. The van der Waals surface area contributed by atoms with Gasteiger partial charge in [0.1, 0.15) is 5.82 Å². The van der Waals surface area contributed by atoms with Crippen molar-refractivity contribution in [2.75, 3.05) is 23.3 Å². The number of hydrogen-bond acceptors (Lipinski definition) is 5. The van der Waals surface area contributed by atoms with Crippen molar-refractivity contribution in [3.8, 4) is 0 Å². The predicted molar refractivity (Wildman–Crippen MR) is 105 cm³/mol. The van der Waals surface area contributed by atoms with Gasteiger partial charge < -0.3 is 10.2 Å². The monoisotopic (exact) mass is 418 g/mol. The maximum absolute atomic E-state index is 13.1. The second-order valence-electron chi connectivity index (χ2n) is 7.61. The van der Waals surface area contributed by atoms with E-state index in [1.54, 1.807) is 6.07 Å². The van der Waals surface area contributed by atoms with Crippen LogP contribution in [0.3, 0.4) is 0 Å². The Morgan fingerprint density at radius 2 is 1.73 bits per heavy atom. The molecule has 3 heterocycles. The molecule has 1 saturated heterocycles. The first-order valence-electron chi connectivity index (χ1n) is 9.64. The summed E-state index contributed by atoms with van der Waals surface area (Å²) in [5, 5.41) is 13.8. The van der Waals surface area contributed by atoms with Gasteiger partial charge in [0.15, 0.2) is 5.65 Å². The Labute approximate surface area is 170 Å². The zero-order valence-electron chi connectivity index (χ0n) is 16.6. The van der Waals surface area contributed by atoms with Crippen LogP contribution in [0, 0.1) is 19.8 Å². The number of piperidine rings is 1. The van der Waals surface area contributed by atoms with Crippen molar-refractivity contribution in [3.05, 3.63) is 47.3 Å². The molecule has 1 aliphatic heterocycles. The van der Waals surface area contributed by atoms with Crippen molar-refractivity contribution in [1.82, 2.24) is 19.8 Å². The van der Waals surface area contributed by atoms with Gasteiger partial charge in [0, 0.05) is 24.7 Å². The average molecular weight is 418 g/mol. The number of alkyl halides is 3. The lowest BCUT2D eigenvalue weighted by Gasteiger charge is -2.32. The minimum absolute atomic E-state index is 0.0359. The van der Waals surface area contributed by atoms with Gasteiger partial charge in [-0.3, -0.25) is 4.79 Å². The SMILES string of the molecule is Cc1cc(C)cc(NC(=O)C2CCN(c3ccc4nnc(C(F)(F)F)n4n3)CC2)c1. The molecule has 1 aliphatic rings. The summed E-state index contributed by atoms with van der Waals surface area (Å²) in [6.07, 6.45) is -3.46. The Morgan fingerprint density at radius 1 is 1.07 bits per heavy atom. The number of aryl methyl sites for hydroxylation is 2. The minimum Gasteiger partial charge on any atom is -0.355 e. The van der Waals surface area contributed by atoms with E-state index in [1.807, 2.05) is 36.9 Å². The maximum Gasteiger partial charge on any atom is 0.453 e. The molecule has 10 heteroatoms. The molecule has 2 aromatic heterocycles. The van der Waals surface area contributed by atoms with Crippen LogP contribution in [0.1, 0.15) is 29.8 Å². The van der Waals surface area contributed by atoms with Crippen LogP contribution < -0.4 is 10.2 Å². The number of rotatable bonds is 3. The average Bonchev–Trinajstić information content (AvgIpc) is 3.11. The summed E-state index contributed by atoms with van der Waals surface area (Å²) in [7, 11) is 0. The summed E-state index contributed by atoms with van der Waals surface area (Å²) in [6, 6.07) is 8.98. The predicted octanol–water partition coefficient (Wildman–Crippen LogP) is 3.62. The molecule has 7 nitrogen and oxygen atoms in total. The highest BCUT2D eigenvalue weighted by atomic mass is 19.4. The van der Waals surface area contributed by atoms with Crippen molar-refractivity contribution in [1.29, 1.82) is 0 Å². The first kappa shape index (κ1) is 20.1. The third-order valence-corrected chi connectivity index (χ3v) is 5.18. The summed E-state index contributed by atoms with van der Waals surface area (Å²) in [6.45, 7) is 5.00. The highest BCUT2D eigenvalue weighted by Crippen LogP contribution is 2.29. The fraction of sp³-hybridized carbons (Fsp3) is 0.400. The summed E-state index contributed by atoms with van der Waals surface area (Å²) in [5.41, 5.74) is 2.97. The van der Waals surface area contributed by atoms with E-state index in [2.05, 4.69) is 20.6 Å². The smallest absolute Gasteiger partial charge is 0.355 e. The summed E-state index contributed by atoms with van der Waals surface area (Å²) >= 11 is 0. The highest BCUT2D eigenvalue weighted by molar-refractivity contribution is 5.92. The van der Waals surface area contributed by atoms with E-state index in [9.17, 15) is 18.0 Å². The highest BCUT2D eigenvalue weighted by Gasteiger charge is 2.38. The quantitative estimate of drug-likeness (QED) is 0.703. The maximum atomic E-state index is 13.1. The molecule has 3 aromatic rings. The zero-order chi connectivity index (χ0) is 21.5. The van der Waals surface area contributed by atoms with Crippen LogP contribution in [-0.2, 0) is 11.0 Å². The molecule has 1 N–H and O–H groups in total. The second kappa shape index (κ2) is 7.58. The molecular formula is C20H21F3N6O. The number of nitrogens with zero attached hydrogens (tertiary/aromatic N) is 5. The van der Waals surface area contributed by atoms with E-state index in [0.29, 0.717) is 36.3 Å². The molecule has 0 aliphatic carbocycles. The number of aromatic nitrogens is 4. The van der Waals surface area contributed by atoms with Crippen molar-refractivity contribution in [2.24, 2.45) is 5.92 Å². The Bertz CT molecular complexity index is 1070. The Kier molecular flexibility index (Phi) is 5.08. The number of benzene rings is 1.